The van der Waals surface area contributed by atoms with E-state index in [1.54, 1.807) is 7.11 Å². The van der Waals surface area contributed by atoms with Crippen molar-refractivity contribution < 1.29 is 14.4 Å². The second-order valence-electron chi connectivity index (χ2n) is 8.31. The lowest BCUT2D eigenvalue weighted by molar-refractivity contribution is 0.406. The van der Waals surface area contributed by atoms with E-state index in [9.17, 15) is 5.11 Å². The number of benzene rings is 3. The molecule has 0 saturated heterocycles. The third-order valence-electron chi connectivity index (χ3n) is 5.22. The molecule has 0 fully saturated rings. The molecule has 0 unspecified atom stereocenters. The Labute approximate surface area is 176 Å². The molecule has 30 heavy (non-hydrogen) atoms. The predicted molar refractivity (Wildman–Crippen MR) is 120 cm³/mol. The van der Waals surface area contributed by atoms with E-state index in [4.69, 9.17) is 9.26 Å². The summed E-state index contributed by atoms with van der Waals surface area (Å²) in [6, 6.07) is 23.4. The minimum atomic E-state index is -0.0960. The summed E-state index contributed by atoms with van der Waals surface area (Å²) in [6.45, 7) is 6.46. The van der Waals surface area contributed by atoms with Gasteiger partial charge in [-0.15, -0.1) is 0 Å². The van der Waals surface area contributed by atoms with Gasteiger partial charge in [0.25, 0.3) is 0 Å². The third-order valence-corrected chi connectivity index (χ3v) is 5.22. The first kappa shape index (κ1) is 19.8. The molecule has 4 heteroatoms. The highest BCUT2D eigenvalue weighted by molar-refractivity contribution is 5.83. The summed E-state index contributed by atoms with van der Waals surface area (Å²) >= 11 is 0. The van der Waals surface area contributed by atoms with Crippen LogP contribution in [0.2, 0.25) is 0 Å². The topological polar surface area (TPSA) is 55.5 Å². The number of phenolic OH excluding ortho intramolecular Hbond substituents is 1. The Morgan fingerprint density at radius 3 is 2.20 bits per heavy atom. The minimum Gasteiger partial charge on any atom is -0.507 e. The molecule has 4 aromatic rings. The van der Waals surface area contributed by atoms with Crippen molar-refractivity contribution in [1.29, 1.82) is 0 Å². The van der Waals surface area contributed by atoms with Crippen LogP contribution in [0, 0.1) is 0 Å². The van der Waals surface area contributed by atoms with Crippen LogP contribution in [0.4, 0.5) is 0 Å². The molecule has 4 rings (SSSR count). The zero-order valence-electron chi connectivity index (χ0n) is 17.6. The second-order valence-corrected chi connectivity index (χ2v) is 8.31. The predicted octanol–water partition coefficient (Wildman–Crippen LogP) is 6.69. The average molecular weight is 399 g/mol. The summed E-state index contributed by atoms with van der Waals surface area (Å²) < 4.78 is 11.1. The lowest BCUT2D eigenvalue weighted by Gasteiger charge is -2.22. The fraction of sp³-hybridized carbons (Fsp3) is 0.192. The molecule has 4 nitrogen and oxygen atoms in total. The van der Waals surface area contributed by atoms with Gasteiger partial charge in [0.05, 0.1) is 12.7 Å². The van der Waals surface area contributed by atoms with Gasteiger partial charge in [0.1, 0.15) is 17.2 Å². The number of hydrogen-bond donors (Lipinski definition) is 1. The Hall–Kier alpha value is -3.53. The second kappa shape index (κ2) is 7.71. The third kappa shape index (κ3) is 3.69. The van der Waals surface area contributed by atoms with Crippen molar-refractivity contribution >= 4 is 0 Å². The van der Waals surface area contributed by atoms with E-state index in [2.05, 4.69) is 32.0 Å². The first-order chi connectivity index (χ1) is 14.4. The Morgan fingerprint density at radius 2 is 1.50 bits per heavy atom. The van der Waals surface area contributed by atoms with E-state index < -0.39 is 0 Å². The zero-order chi connectivity index (χ0) is 21.3. The van der Waals surface area contributed by atoms with Gasteiger partial charge < -0.3 is 14.4 Å². The monoisotopic (exact) mass is 399 g/mol. The van der Waals surface area contributed by atoms with E-state index in [1.807, 2.05) is 66.7 Å². The first-order valence-electron chi connectivity index (χ1n) is 9.92. The van der Waals surface area contributed by atoms with Gasteiger partial charge >= 0.3 is 0 Å². The van der Waals surface area contributed by atoms with Gasteiger partial charge in [-0.05, 0) is 40.8 Å². The number of aromatic nitrogens is 1. The van der Waals surface area contributed by atoms with E-state index >= 15 is 0 Å². The summed E-state index contributed by atoms with van der Waals surface area (Å²) in [5, 5.41) is 15.4. The molecule has 0 aliphatic carbocycles. The Kier molecular flexibility index (Phi) is 5.08. The smallest absolute Gasteiger partial charge is 0.171 e. The molecule has 1 aromatic heterocycles. The number of aromatic hydroxyl groups is 1. The van der Waals surface area contributed by atoms with Crippen molar-refractivity contribution in [3.8, 4) is 45.2 Å². The maximum Gasteiger partial charge on any atom is 0.171 e. The summed E-state index contributed by atoms with van der Waals surface area (Å²) in [6.07, 6.45) is 0. The van der Waals surface area contributed by atoms with Crippen LogP contribution in [0.25, 0.3) is 33.7 Å². The van der Waals surface area contributed by atoms with Crippen LogP contribution in [0.1, 0.15) is 26.3 Å². The molecule has 0 aliphatic heterocycles. The maximum atomic E-state index is 11.2. The lowest BCUT2D eigenvalue weighted by Crippen LogP contribution is -2.11. The zero-order valence-corrected chi connectivity index (χ0v) is 17.6. The molecule has 0 atom stereocenters. The van der Waals surface area contributed by atoms with E-state index in [0.717, 1.165) is 22.3 Å². The van der Waals surface area contributed by atoms with Crippen LogP contribution >= 0.6 is 0 Å². The van der Waals surface area contributed by atoms with Crippen molar-refractivity contribution in [1.82, 2.24) is 5.16 Å². The van der Waals surface area contributed by atoms with Crippen molar-refractivity contribution in [2.24, 2.45) is 0 Å². The molecule has 1 heterocycles. The molecular weight excluding hydrogens is 374 g/mol. The number of methoxy groups -OCH3 is 1. The largest absolute Gasteiger partial charge is 0.507 e. The van der Waals surface area contributed by atoms with Gasteiger partial charge in [0.2, 0.25) is 0 Å². The summed E-state index contributed by atoms with van der Waals surface area (Å²) in [7, 11) is 1.63. The molecule has 1 N–H and O–H groups in total. The molecule has 152 valence electrons. The molecule has 0 spiro atoms. The van der Waals surface area contributed by atoms with Gasteiger partial charge in [-0.25, -0.2) is 0 Å². The number of rotatable bonds is 4. The van der Waals surface area contributed by atoms with Crippen molar-refractivity contribution in [3.05, 3.63) is 78.4 Å². The van der Waals surface area contributed by atoms with Crippen LogP contribution in [0.3, 0.4) is 0 Å². The van der Waals surface area contributed by atoms with Crippen LogP contribution in [-0.4, -0.2) is 17.4 Å². The number of para-hydroxylation sites is 1. The maximum absolute atomic E-state index is 11.2. The number of phenols is 1. The fourth-order valence-electron chi connectivity index (χ4n) is 3.48. The van der Waals surface area contributed by atoms with Crippen LogP contribution in [0.15, 0.2) is 77.3 Å². The van der Waals surface area contributed by atoms with Gasteiger partial charge in [0.15, 0.2) is 5.76 Å². The lowest BCUT2D eigenvalue weighted by atomic mass is 9.83. The molecule has 0 amide bonds. The van der Waals surface area contributed by atoms with Crippen LogP contribution in [0.5, 0.6) is 11.5 Å². The fourth-order valence-corrected chi connectivity index (χ4v) is 3.48. The highest BCUT2D eigenvalue weighted by Gasteiger charge is 2.22. The Morgan fingerprint density at radius 1 is 0.833 bits per heavy atom. The Balaban J connectivity index is 1.88. The highest BCUT2D eigenvalue weighted by atomic mass is 16.5. The first-order valence-corrected chi connectivity index (χ1v) is 9.92. The number of ether oxygens (including phenoxy) is 1. The minimum absolute atomic E-state index is 0.0960. The van der Waals surface area contributed by atoms with Gasteiger partial charge in [0, 0.05) is 17.2 Å². The van der Waals surface area contributed by atoms with E-state index in [0.29, 0.717) is 22.8 Å². The average Bonchev–Trinajstić information content (AvgIpc) is 3.23. The molecular formula is C26H25NO3. The Bertz CT molecular complexity index is 1170. The quantitative estimate of drug-likeness (QED) is 0.415. The van der Waals surface area contributed by atoms with Crippen LogP contribution in [-0.2, 0) is 5.41 Å². The molecule has 0 bridgehead atoms. The normalized spacial score (nSPS) is 11.5. The van der Waals surface area contributed by atoms with Gasteiger partial charge in [-0.1, -0.05) is 68.4 Å². The molecule has 0 radical (unpaired) electrons. The SMILES string of the molecule is COc1ccccc1-c1cc(-c2cc(C(C)(C)C)cc(-c3ccccc3)c2O)no1. The molecule has 3 aromatic carbocycles. The summed E-state index contributed by atoms with van der Waals surface area (Å²) in [5.74, 6) is 1.48. The molecule has 0 saturated carbocycles. The van der Waals surface area contributed by atoms with Crippen molar-refractivity contribution in [3.63, 3.8) is 0 Å². The standard InChI is InChI=1S/C26H25NO3/c1-26(2,3)18-14-20(17-10-6-5-7-11-17)25(28)21(15-18)22-16-24(30-27-22)19-12-8-9-13-23(19)29-4/h5-16,28H,1-4H3. The van der Waals surface area contributed by atoms with E-state index in [1.165, 1.54) is 0 Å². The molecule has 0 aliphatic rings. The summed E-state index contributed by atoms with van der Waals surface area (Å²) in [5.41, 5.74) is 4.78. The summed E-state index contributed by atoms with van der Waals surface area (Å²) in [4.78, 5) is 0. The van der Waals surface area contributed by atoms with E-state index in [-0.39, 0.29) is 11.2 Å². The highest BCUT2D eigenvalue weighted by Crippen LogP contribution is 2.42. The van der Waals surface area contributed by atoms with Crippen molar-refractivity contribution in [2.75, 3.05) is 7.11 Å². The van der Waals surface area contributed by atoms with Crippen LogP contribution < -0.4 is 4.74 Å². The number of hydrogen-bond acceptors (Lipinski definition) is 4. The van der Waals surface area contributed by atoms with Crippen molar-refractivity contribution in [2.45, 2.75) is 26.2 Å². The van der Waals surface area contributed by atoms with Gasteiger partial charge in [-0.2, -0.15) is 0 Å². The van der Waals surface area contributed by atoms with Gasteiger partial charge in [-0.3, -0.25) is 0 Å². The number of nitrogens with zero attached hydrogens (tertiary/aromatic N) is 1.